The van der Waals surface area contributed by atoms with Crippen LogP contribution in [-0.4, -0.2) is 7.11 Å². The summed E-state index contributed by atoms with van der Waals surface area (Å²) in [5.41, 5.74) is 1.09. The molecule has 78 valence electrons. The molecule has 1 rings (SSSR count). The predicted octanol–water partition coefficient (Wildman–Crippen LogP) is 3.52. The zero-order valence-electron chi connectivity index (χ0n) is 9.23. The Morgan fingerprint density at radius 2 is 2.00 bits per heavy atom. The molecule has 0 unspecified atom stereocenters. The number of rotatable bonds is 3. The minimum Gasteiger partial charge on any atom is -0.496 e. The Morgan fingerprint density at radius 1 is 1.36 bits per heavy atom. The van der Waals surface area contributed by atoms with Crippen molar-refractivity contribution in [2.45, 2.75) is 32.6 Å². The average molecular weight is 196 g/mol. The molecule has 0 saturated carbocycles. The van der Waals surface area contributed by atoms with E-state index in [1.54, 1.807) is 13.2 Å². The summed E-state index contributed by atoms with van der Waals surface area (Å²) in [5.74, 6) is 0.384. The van der Waals surface area contributed by atoms with Gasteiger partial charge in [0.05, 0.1) is 7.11 Å². The first kappa shape index (κ1) is 11.0. The number of benzene rings is 1. The molecule has 14 heavy (non-hydrogen) atoms. The van der Waals surface area contributed by atoms with E-state index < -0.39 is 0 Å². The smallest absolute Gasteiger partial charge is 0.126 e. The van der Waals surface area contributed by atoms with Crippen LogP contribution in [0.2, 0.25) is 0 Å². The van der Waals surface area contributed by atoms with Gasteiger partial charge in [-0.05, 0) is 23.5 Å². The maximum Gasteiger partial charge on any atom is 0.126 e. The van der Waals surface area contributed by atoms with E-state index in [0.29, 0.717) is 5.75 Å². The Bertz CT molecular complexity index is 318. The summed E-state index contributed by atoms with van der Waals surface area (Å²) in [4.78, 5) is 0. The third-order valence-electron chi connectivity index (χ3n) is 2.78. The number of hydrogen-bond acceptors (Lipinski definition) is 1. The molecule has 0 aliphatic rings. The van der Waals surface area contributed by atoms with Crippen molar-refractivity contribution in [3.8, 4) is 5.75 Å². The van der Waals surface area contributed by atoms with E-state index in [0.717, 1.165) is 12.0 Å². The second-order valence-electron chi connectivity index (χ2n) is 4.08. The van der Waals surface area contributed by atoms with E-state index in [4.69, 9.17) is 4.74 Å². The molecule has 0 fully saturated rings. The van der Waals surface area contributed by atoms with Crippen molar-refractivity contribution in [2.75, 3.05) is 7.11 Å². The summed E-state index contributed by atoms with van der Waals surface area (Å²) in [6, 6.07) is 4.72. The van der Waals surface area contributed by atoms with Crippen molar-refractivity contribution < 1.29 is 9.13 Å². The van der Waals surface area contributed by atoms with E-state index >= 15 is 0 Å². The van der Waals surface area contributed by atoms with Gasteiger partial charge in [0.2, 0.25) is 0 Å². The summed E-state index contributed by atoms with van der Waals surface area (Å²) in [6.45, 7) is 6.37. The zero-order valence-corrected chi connectivity index (χ0v) is 9.23. The molecule has 2 heteroatoms. The van der Waals surface area contributed by atoms with Crippen LogP contribution in [0.3, 0.4) is 0 Å². The largest absolute Gasteiger partial charge is 0.496 e. The van der Waals surface area contributed by atoms with Gasteiger partial charge >= 0.3 is 0 Å². The fraction of sp³-hybridized carbons (Fsp3) is 0.500. The predicted molar refractivity (Wildman–Crippen MR) is 56.3 cm³/mol. The van der Waals surface area contributed by atoms with Crippen molar-refractivity contribution in [1.29, 1.82) is 0 Å². The minimum atomic E-state index is -0.252. The maximum absolute atomic E-state index is 12.9. The fourth-order valence-corrected chi connectivity index (χ4v) is 1.41. The molecular formula is C12H17FO. The van der Waals surface area contributed by atoms with Gasteiger partial charge in [0.15, 0.2) is 0 Å². The Balaban J connectivity index is 3.20. The summed E-state index contributed by atoms with van der Waals surface area (Å²) in [7, 11) is 1.57. The van der Waals surface area contributed by atoms with Gasteiger partial charge in [0.1, 0.15) is 11.6 Å². The van der Waals surface area contributed by atoms with E-state index in [-0.39, 0.29) is 11.2 Å². The normalized spacial score (nSPS) is 11.5. The highest BCUT2D eigenvalue weighted by atomic mass is 19.1. The van der Waals surface area contributed by atoms with Crippen LogP contribution >= 0.6 is 0 Å². The van der Waals surface area contributed by atoms with Crippen LogP contribution in [-0.2, 0) is 5.41 Å². The van der Waals surface area contributed by atoms with Gasteiger partial charge in [0.25, 0.3) is 0 Å². The highest BCUT2D eigenvalue weighted by molar-refractivity contribution is 5.39. The fourth-order valence-electron chi connectivity index (χ4n) is 1.41. The molecular weight excluding hydrogens is 179 g/mol. The van der Waals surface area contributed by atoms with Crippen molar-refractivity contribution in [3.05, 3.63) is 29.6 Å². The van der Waals surface area contributed by atoms with E-state index in [2.05, 4.69) is 20.8 Å². The van der Waals surface area contributed by atoms with Crippen LogP contribution in [0, 0.1) is 5.82 Å². The van der Waals surface area contributed by atoms with Crippen LogP contribution in [0.25, 0.3) is 0 Å². The highest BCUT2D eigenvalue weighted by Crippen LogP contribution is 2.34. The van der Waals surface area contributed by atoms with Crippen LogP contribution in [0.15, 0.2) is 18.2 Å². The van der Waals surface area contributed by atoms with Crippen LogP contribution in [0.4, 0.5) is 4.39 Å². The molecule has 1 nitrogen and oxygen atoms in total. The van der Waals surface area contributed by atoms with Gasteiger partial charge in [-0.25, -0.2) is 4.39 Å². The Labute approximate surface area is 84.9 Å². The minimum absolute atomic E-state index is 0.0268. The monoisotopic (exact) mass is 196 g/mol. The lowest BCUT2D eigenvalue weighted by molar-refractivity contribution is 0.386. The van der Waals surface area contributed by atoms with Gasteiger partial charge < -0.3 is 4.74 Å². The molecule has 0 atom stereocenters. The Hall–Kier alpha value is -1.05. The van der Waals surface area contributed by atoms with Gasteiger partial charge in [0, 0.05) is 6.07 Å². The first-order valence-corrected chi connectivity index (χ1v) is 4.85. The molecule has 0 aliphatic carbocycles. The standard InChI is InChI=1S/C12H17FO/c1-5-12(2,3)10-7-6-9(13)8-11(10)14-4/h6-8H,5H2,1-4H3. The quantitative estimate of drug-likeness (QED) is 0.718. The van der Waals surface area contributed by atoms with Crippen molar-refractivity contribution >= 4 is 0 Å². The molecule has 0 heterocycles. The molecule has 0 amide bonds. The summed E-state index contributed by atoms with van der Waals surface area (Å²) in [5, 5.41) is 0. The van der Waals surface area contributed by atoms with Gasteiger partial charge in [-0.15, -0.1) is 0 Å². The number of ether oxygens (including phenoxy) is 1. The van der Waals surface area contributed by atoms with Gasteiger partial charge in [-0.3, -0.25) is 0 Å². The first-order valence-electron chi connectivity index (χ1n) is 4.85. The van der Waals surface area contributed by atoms with Crippen LogP contribution in [0.5, 0.6) is 5.75 Å². The number of methoxy groups -OCH3 is 1. The molecule has 1 aromatic carbocycles. The lowest BCUT2D eigenvalue weighted by Crippen LogP contribution is -2.16. The second kappa shape index (κ2) is 3.99. The lowest BCUT2D eigenvalue weighted by atomic mass is 9.82. The average Bonchev–Trinajstić information content (AvgIpc) is 2.17. The molecule has 0 N–H and O–H groups in total. The summed E-state index contributed by atoms with van der Waals surface area (Å²) >= 11 is 0. The summed E-state index contributed by atoms with van der Waals surface area (Å²) in [6.07, 6.45) is 0.995. The molecule has 1 aromatic rings. The SMILES string of the molecule is CCC(C)(C)c1ccc(F)cc1OC. The summed E-state index contributed by atoms with van der Waals surface area (Å²) < 4.78 is 18.1. The van der Waals surface area contributed by atoms with Crippen molar-refractivity contribution in [3.63, 3.8) is 0 Å². The molecule has 0 spiro atoms. The Morgan fingerprint density at radius 3 is 2.50 bits per heavy atom. The molecule has 0 saturated heterocycles. The third-order valence-corrected chi connectivity index (χ3v) is 2.78. The van der Waals surface area contributed by atoms with Crippen LogP contribution in [0.1, 0.15) is 32.8 Å². The maximum atomic E-state index is 12.9. The highest BCUT2D eigenvalue weighted by Gasteiger charge is 2.22. The third kappa shape index (κ3) is 2.06. The van der Waals surface area contributed by atoms with Crippen molar-refractivity contribution in [2.24, 2.45) is 0 Å². The van der Waals surface area contributed by atoms with E-state index in [9.17, 15) is 4.39 Å². The van der Waals surface area contributed by atoms with Gasteiger partial charge in [-0.2, -0.15) is 0 Å². The van der Waals surface area contributed by atoms with E-state index in [1.807, 2.05) is 0 Å². The van der Waals surface area contributed by atoms with Crippen molar-refractivity contribution in [1.82, 2.24) is 0 Å². The molecule has 0 radical (unpaired) electrons. The zero-order chi connectivity index (χ0) is 10.8. The molecule has 0 bridgehead atoms. The second-order valence-corrected chi connectivity index (χ2v) is 4.08. The first-order chi connectivity index (χ1) is 6.51. The molecule has 0 aromatic heterocycles. The van der Waals surface area contributed by atoms with Gasteiger partial charge in [-0.1, -0.05) is 26.8 Å². The van der Waals surface area contributed by atoms with Crippen LogP contribution < -0.4 is 4.74 Å². The topological polar surface area (TPSA) is 9.23 Å². The number of halogens is 1. The number of hydrogen-bond donors (Lipinski definition) is 0. The van der Waals surface area contributed by atoms with E-state index in [1.165, 1.54) is 12.1 Å². The Kier molecular flexibility index (Phi) is 3.14. The lowest BCUT2D eigenvalue weighted by Gasteiger charge is -2.25. The molecule has 0 aliphatic heterocycles.